The molecule has 150 valence electrons. The van der Waals surface area contributed by atoms with Crippen molar-refractivity contribution in [2.24, 2.45) is 0 Å². The molecule has 0 radical (unpaired) electrons. The van der Waals surface area contributed by atoms with Crippen LogP contribution in [0.5, 0.6) is 0 Å². The largest absolute Gasteiger partial charge is 1.00 e. The summed E-state index contributed by atoms with van der Waals surface area (Å²) in [6.07, 6.45) is -3.02. The fraction of sp³-hybridized carbons (Fsp3) is 0.545. The Balaban J connectivity index is 0.00000280. The van der Waals surface area contributed by atoms with Crippen LogP contribution in [0.1, 0.15) is 6.23 Å². The summed E-state index contributed by atoms with van der Waals surface area (Å²) in [7, 11) is -9.73. The van der Waals surface area contributed by atoms with Gasteiger partial charge >= 0.3 is 37.2 Å². The Morgan fingerprint density at radius 1 is 1.25 bits per heavy atom. The van der Waals surface area contributed by atoms with Crippen molar-refractivity contribution in [1.29, 1.82) is 0 Å². The summed E-state index contributed by atoms with van der Waals surface area (Å²) >= 11 is 0. The number of anilines is 1. The van der Waals surface area contributed by atoms with Crippen LogP contribution in [0.15, 0.2) is 12.7 Å². The molecule has 28 heavy (non-hydrogen) atoms. The molecule has 2 aromatic rings. The number of nitrogens with zero attached hydrogens (tertiary/aromatic N) is 4. The first-order valence-electron chi connectivity index (χ1n) is 7.42. The zero-order valence-corrected chi connectivity index (χ0v) is 18.3. The molecule has 2 aromatic heterocycles. The van der Waals surface area contributed by atoms with Gasteiger partial charge in [0.25, 0.3) is 0 Å². The van der Waals surface area contributed by atoms with E-state index in [0.29, 0.717) is 0 Å². The fourth-order valence-corrected chi connectivity index (χ4v) is 5.12. The van der Waals surface area contributed by atoms with Gasteiger partial charge in [0.1, 0.15) is 43.7 Å². The number of aliphatic hydroxyl groups excluding tert-OH is 2. The van der Waals surface area contributed by atoms with Crippen molar-refractivity contribution in [3.63, 3.8) is 0 Å². The molecule has 1 aliphatic rings. The number of ether oxygens (including phenoxy) is 1. The predicted molar refractivity (Wildman–Crippen MR) is 86.1 cm³/mol. The molecule has 0 aliphatic carbocycles. The molecular formula is C11H16N5NaO9P2. The number of rotatable bonds is 6. The van der Waals surface area contributed by atoms with Gasteiger partial charge in [-0.25, -0.2) is 15.0 Å². The van der Waals surface area contributed by atoms with Gasteiger partial charge < -0.3 is 44.5 Å². The Bertz CT molecular complexity index is 938. The van der Waals surface area contributed by atoms with Crippen molar-refractivity contribution < 1.29 is 72.8 Å². The van der Waals surface area contributed by atoms with E-state index in [1.54, 1.807) is 0 Å². The molecule has 1 saturated heterocycles. The van der Waals surface area contributed by atoms with E-state index < -0.39 is 52.2 Å². The molecule has 1 fully saturated rings. The molecule has 2 unspecified atom stereocenters. The first-order chi connectivity index (χ1) is 12.5. The summed E-state index contributed by atoms with van der Waals surface area (Å²) in [6.45, 7) is -0.716. The summed E-state index contributed by atoms with van der Waals surface area (Å²) in [4.78, 5) is 40.6. The van der Waals surface area contributed by atoms with Gasteiger partial charge in [-0.15, -0.1) is 0 Å². The zero-order chi connectivity index (χ0) is 20.0. The number of hydrogen-bond donors (Lipinski definition) is 5. The Morgan fingerprint density at radius 3 is 2.57 bits per heavy atom. The van der Waals surface area contributed by atoms with E-state index in [9.17, 15) is 29.1 Å². The fourth-order valence-electron chi connectivity index (χ4n) is 2.61. The standard InChI is InChI=1S/C11H17N5O9P2.Na/c12-9-6-10(14-2-13-9)16(3-15-6)11-8(18)7(17)5(25-11)1-24-27(22,23)4-26(19,20)21;/h2-3,5,7-8,11,17-18H,1,4H2,(H,22,23)(H2,12,13,14)(H2,19,20,21);/q;+1/p-1/t5-,7-,8-,11-;/m1./s1. The maximum atomic E-state index is 11.7. The molecular weight excluding hydrogens is 431 g/mol. The Morgan fingerprint density at radius 2 is 1.93 bits per heavy atom. The number of imidazole rings is 1. The van der Waals surface area contributed by atoms with E-state index >= 15 is 0 Å². The molecule has 17 heteroatoms. The maximum absolute atomic E-state index is 11.7. The Labute approximate surface area is 179 Å². The average Bonchev–Trinajstić information content (AvgIpc) is 3.07. The van der Waals surface area contributed by atoms with E-state index in [-0.39, 0.29) is 46.5 Å². The maximum Gasteiger partial charge on any atom is 1.00 e. The van der Waals surface area contributed by atoms with Gasteiger partial charge in [0.15, 0.2) is 17.7 Å². The molecule has 0 amide bonds. The molecule has 0 saturated carbocycles. The molecule has 0 spiro atoms. The van der Waals surface area contributed by atoms with Crippen LogP contribution < -0.4 is 40.2 Å². The van der Waals surface area contributed by atoms with Crippen LogP contribution in [0, 0.1) is 0 Å². The molecule has 14 nitrogen and oxygen atoms in total. The second kappa shape index (κ2) is 8.72. The molecule has 0 aromatic carbocycles. The van der Waals surface area contributed by atoms with Gasteiger partial charge in [0, 0.05) is 0 Å². The second-order valence-corrected chi connectivity index (χ2v) is 9.78. The monoisotopic (exact) mass is 447 g/mol. The van der Waals surface area contributed by atoms with E-state index in [1.807, 2.05) is 0 Å². The van der Waals surface area contributed by atoms with Crippen molar-refractivity contribution in [2.45, 2.75) is 24.5 Å². The van der Waals surface area contributed by atoms with Crippen LogP contribution in [0.2, 0.25) is 0 Å². The normalized spacial score (nSPS) is 29.2. The number of fused-ring (bicyclic) bond motifs is 1. The number of nitrogens with two attached hydrogens (primary N) is 1. The smallest absolute Gasteiger partial charge is 0.778 e. The number of aliphatic hydroxyl groups is 2. The van der Waals surface area contributed by atoms with Crippen LogP contribution in [0.4, 0.5) is 5.82 Å². The van der Waals surface area contributed by atoms with E-state index in [2.05, 4.69) is 19.5 Å². The predicted octanol–water partition coefficient (Wildman–Crippen LogP) is -5.26. The van der Waals surface area contributed by atoms with Crippen molar-refractivity contribution in [1.82, 2.24) is 19.5 Å². The number of hydrogen-bond acceptors (Lipinski definition) is 11. The summed E-state index contributed by atoms with van der Waals surface area (Å²) < 4.78 is 33.7. The second-order valence-electron chi connectivity index (χ2n) is 5.84. The van der Waals surface area contributed by atoms with Crippen LogP contribution in [0.3, 0.4) is 0 Å². The minimum absolute atomic E-state index is 0. The summed E-state index contributed by atoms with van der Waals surface area (Å²) in [6, 6.07) is 0. The third-order valence-corrected chi connectivity index (χ3v) is 7.21. The Kier molecular flexibility index (Phi) is 7.41. The molecule has 1 aliphatic heterocycles. The van der Waals surface area contributed by atoms with Crippen molar-refractivity contribution in [3.8, 4) is 0 Å². The molecule has 0 bridgehead atoms. The van der Waals surface area contributed by atoms with E-state index in [1.165, 1.54) is 17.2 Å². The minimum Gasteiger partial charge on any atom is -0.778 e. The zero-order valence-electron chi connectivity index (χ0n) is 14.5. The first kappa shape index (κ1) is 23.8. The average molecular weight is 447 g/mol. The van der Waals surface area contributed by atoms with Crippen LogP contribution >= 0.6 is 15.2 Å². The molecule has 6 atom stereocenters. The van der Waals surface area contributed by atoms with Crippen molar-refractivity contribution in [3.05, 3.63) is 12.7 Å². The third-order valence-electron chi connectivity index (χ3n) is 3.80. The Hall–Kier alpha value is -0.470. The van der Waals surface area contributed by atoms with Crippen molar-refractivity contribution in [2.75, 3.05) is 18.2 Å². The van der Waals surface area contributed by atoms with E-state index in [4.69, 9.17) is 15.4 Å². The van der Waals surface area contributed by atoms with Crippen LogP contribution in [0.25, 0.3) is 11.2 Å². The summed E-state index contributed by atoms with van der Waals surface area (Å²) in [5, 5.41) is 20.3. The number of nitrogen functional groups attached to an aromatic ring is 1. The quantitative estimate of drug-likeness (QED) is 0.206. The van der Waals surface area contributed by atoms with Gasteiger partial charge in [-0.2, -0.15) is 0 Å². The van der Waals surface area contributed by atoms with E-state index in [0.717, 1.165) is 0 Å². The first-order valence-corrected chi connectivity index (χ1v) is 10.9. The summed E-state index contributed by atoms with van der Waals surface area (Å²) in [5.74, 6) is -1.39. The SMILES string of the molecule is Nc1ncnc2c1ncn2[C@@H]1O[C@H](COP(=O)(O)CP(=O)([O-])O)[C@@H](O)[C@H]1O.[Na+]. The van der Waals surface area contributed by atoms with Gasteiger partial charge in [0.05, 0.1) is 12.9 Å². The van der Waals surface area contributed by atoms with Gasteiger partial charge in [-0.3, -0.25) is 9.13 Å². The van der Waals surface area contributed by atoms with Gasteiger partial charge in [-0.05, 0) is 0 Å². The summed E-state index contributed by atoms with van der Waals surface area (Å²) in [5.41, 5.74) is 6.15. The van der Waals surface area contributed by atoms with Gasteiger partial charge in [0.2, 0.25) is 0 Å². The third kappa shape index (κ3) is 5.17. The van der Waals surface area contributed by atoms with Crippen molar-refractivity contribution >= 4 is 32.2 Å². The molecule has 3 rings (SSSR count). The topological polar surface area (TPSA) is 226 Å². The molecule has 3 heterocycles. The van der Waals surface area contributed by atoms with Gasteiger partial charge in [-0.1, -0.05) is 0 Å². The van der Waals surface area contributed by atoms with Crippen LogP contribution in [-0.4, -0.2) is 70.3 Å². The van der Waals surface area contributed by atoms with Crippen LogP contribution in [-0.2, 0) is 18.4 Å². The number of aromatic nitrogens is 4. The minimum atomic E-state index is -5.04. The molecule has 6 N–H and O–H groups in total.